The van der Waals surface area contributed by atoms with E-state index in [1.807, 2.05) is 44.2 Å². The summed E-state index contributed by atoms with van der Waals surface area (Å²) in [6.07, 6.45) is 0.182. The zero-order valence-corrected chi connectivity index (χ0v) is 14.2. The Morgan fingerprint density at radius 2 is 1.70 bits per heavy atom. The van der Waals surface area contributed by atoms with Gasteiger partial charge in [-0.25, -0.2) is 0 Å². The molecule has 0 amide bonds. The second-order valence-corrected chi connectivity index (χ2v) is 6.45. The maximum absolute atomic E-state index is 6.59. The van der Waals surface area contributed by atoms with Crippen molar-refractivity contribution in [2.75, 3.05) is 0 Å². The highest BCUT2D eigenvalue weighted by molar-refractivity contribution is 9.10. The third kappa shape index (κ3) is 3.77. The minimum absolute atomic E-state index is 0.142. The molecule has 0 radical (unpaired) electrons. The Hall–Kier alpha value is -0.990. The summed E-state index contributed by atoms with van der Waals surface area (Å²) in [7, 11) is 0. The quantitative estimate of drug-likeness (QED) is 0.624. The van der Waals surface area contributed by atoms with E-state index in [1.54, 1.807) is 0 Å². The molecule has 0 saturated carbocycles. The highest BCUT2D eigenvalue weighted by Gasteiger charge is 2.13. The van der Waals surface area contributed by atoms with Crippen molar-refractivity contribution in [3.05, 3.63) is 63.6 Å². The molecule has 0 aliphatic rings. The number of benzene rings is 2. The highest BCUT2D eigenvalue weighted by atomic mass is 79.9. The third-order valence-corrected chi connectivity index (χ3v) is 4.03. The second-order valence-electron chi connectivity index (χ2n) is 5.10. The van der Waals surface area contributed by atoms with E-state index in [-0.39, 0.29) is 11.5 Å². The number of halogens is 2. The van der Waals surface area contributed by atoms with Gasteiger partial charge in [0.25, 0.3) is 0 Å². The van der Waals surface area contributed by atoms with E-state index >= 15 is 0 Å². The molecule has 0 N–H and O–H groups in total. The lowest BCUT2D eigenvalue weighted by molar-refractivity contribution is 0.242. The SMILES string of the molecule is Cc1cc(Br)ccc1C(Cl)c1ccc(OC(C)C)cc1. The summed E-state index contributed by atoms with van der Waals surface area (Å²) < 4.78 is 6.72. The highest BCUT2D eigenvalue weighted by Crippen LogP contribution is 2.33. The van der Waals surface area contributed by atoms with Gasteiger partial charge in [0.2, 0.25) is 0 Å². The predicted octanol–water partition coefficient (Wildman–Crippen LogP) is 5.87. The molecule has 20 heavy (non-hydrogen) atoms. The molecule has 2 rings (SSSR count). The van der Waals surface area contributed by atoms with Gasteiger partial charge >= 0.3 is 0 Å². The molecule has 2 aromatic rings. The minimum atomic E-state index is -0.142. The molecule has 1 unspecified atom stereocenters. The van der Waals surface area contributed by atoms with Gasteiger partial charge in [-0.15, -0.1) is 11.6 Å². The molecular weight excluding hydrogens is 336 g/mol. The molecule has 0 spiro atoms. The Labute approximate surface area is 134 Å². The zero-order valence-electron chi connectivity index (χ0n) is 11.9. The molecule has 106 valence electrons. The number of rotatable bonds is 4. The van der Waals surface area contributed by atoms with Gasteiger partial charge in [0.1, 0.15) is 5.75 Å². The van der Waals surface area contributed by atoms with Gasteiger partial charge < -0.3 is 4.74 Å². The first-order chi connectivity index (χ1) is 9.47. The zero-order chi connectivity index (χ0) is 14.7. The molecular formula is C17H18BrClO. The molecule has 0 saturated heterocycles. The van der Waals surface area contributed by atoms with E-state index in [0.717, 1.165) is 21.3 Å². The third-order valence-electron chi connectivity index (χ3n) is 3.05. The van der Waals surface area contributed by atoms with Crippen molar-refractivity contribution >= 4 is 27.5 Å². The van der Waals surface area contributed by atoms with Crippen molar-refractivity contribution in [3.63, 3.8) is 0 Å². The lowest BCUT2D eigenvalue weighted by atomic mass is 10.00. The predicted molar refractivity (Wildman–Crippen MR) is 88.8 cm³/mol. The largest absolute Gasteiger partial charge is 0.491 e. The Bertz CT molecular complexity index is 578. The van der Waals surface area contributed by atoms with Gasteiger partial charge in [-0.05, 0) is 61.7 Å². The van der Waals surface area contributed by atoms with E-state index in [0.29, 0.717) is 0 Å². The lowest BCUT2D eigenvalue weighted by Gasteiger charge is -2.15. The molecule has 0 heterocycles. The fraction of sp³-hybridized carbons (Fsp3) is 0.294. The average molecular weight is 354 g/mol. The van der Waals surface area contributed by atoms with Crippen molar-refractivity contribution in [2.45, 2.75) is 32.3 Å². The normalized spacial score (nSPS) is 12.5. The lowest BCUT2D eigenvalue weighted by Crippen LogP contribution is -2.05. The topological polar surface area (TPSA) is 9.23 Å². The van der Waals surface area contributed by atoms with Crippen molar-refractivity contribution in [1.29, 1.82) is 0 Å². The Kier molecular flexibility index (Phi) is 5.11. The fourth-order valence-corrected chi connectivity index (χ4v) is 2.96. The Morgan fingerprint density at radius 1 is 1.05 bits per heavy atom. The summed E-state index contributed by atoms with van der Waals surface area (Å²) in [6.45, 7) is 6.11. The minimum Gasteiger partial charge on any atom is -0.491 e. The van der Waals surface area contributed by atoms with E-state index in [1.165, 1.54) is 5.56 Å². The van der Waals surface area contributed by atoms with Crippen LogP contribution in [-0.2, 0) is 0 Å². The summed E-state index contributed by atoms with van der Waals surface area (Å²) in [4.78, 5) is 0. The van der Waals surface area contributed by atoms with E-state index in [4.69, 9.17) is 16.3 Å². The molecule has 0 fully saturated rings. The molecule has 3 heteroatoms. The van der Waals surface area contributed by atoms with Crippen LogP contribution in [0.1, 0.15) is 35.9 Å². The molecule has 0 aromatic heterocycles. The van der Waals surface area contributed by atoms with Crippen LogP contribution in [0, 0.1) is 6.92 Å². The van der Waals surface area contributed by atoms with Crippen LogP contribution in [0.3, 0.4) is 0 Å². The fourth-order valence-electron chi connectivity index (χ4n) is 2.09. The monoisotopic (exact) mass is 352 g/mol. The molecule has 2 aromatic carbocycles. The van der Waals surface area contributed by atoms with E-state index < -0.39 is 0 Å². The molecule has 0 bridgehead atoms. The molecule has 1 nitrogen and oxygen atoms in total. The summed E-state index contributed by atoms with van der Waals surface area (Å²) in [5.74, 6) is 0.875. The van der Waals surface area contributed by atoms with Crippen LogP contribution in [0.4, 0.5) is 0 Å². The number of hydrogen-bond donors (Lipinski definition) is 0. The maximum Gasteiger partial charge on any atom is 0.119 e. The van der Waals surface area contributed by atoms with Crippen molar-refractivity contribution < 1.29 is 4.74 Å². The Balaban J connectivity index is 2.22. The van der Waals surface area contributed by atoms with Crippen molar-refractivity contribution in [1.82, 2.24) is 0 Å². The van der Waals surface area contributed by atoms with Crippen LogP contribution < -0.4 is 4.74 Å². The first-order valence-electron chi connectivity index (χ1n) is 6.64. The number of hydrogen-bond acceptors (Lipinski definition) is 1. The van der Waals surface area contributed by atoms with Gasteiger partial charge in [0, 0.05) is 4.47 Å². The average Bonchev–Trinajstić information content (AvgIpc) is 2.38. The number of ether oxygens (including phenoxy) is 1. The first-order valence-corrected chi connectivity index (χ1v) is 7.87. The summed E-state index contributed by atoms with van der Waals surface area (Å²) in [5, 5.41) is -0.142. The first kappa shape index (κ1) is 15.4. The van der Waals surface area contributed by atoms with E-state index in [2.05, 4.69) is 35.0 Å². The van der Waals surface area contributed by atoms with Gasteiger partial charge in [0.15, 0.2) is 0 Å². The van der Waals surface area contributed by atoms with Gasteiger partial charge in [0.05, 0.1) is 11.5 Å². The molecule has 0 aliphatic heterocycles. The number of aryl methyl sites for hydroxylation is 1. The maximum atomic E-state index is 6.59. The summed E-state index contributed by atoms with van der Waals surface area (Å²) in [5.41, 5.74) is 3.39. The Morgan fingerprint density at radius 3 is 2.25 bits per heavy atom. The van der Waals surface area contributed by atoms with Crippen LogP contribution in [0.15, 0.2) is 46.9 Å². The van der Waals surface area contributed by atoms with Crippen LogP contribution in [-0.4, -0.2) is 6.10 Å². The smallest absolute Gasteiger partial charge is 0.119 e. The van der Waals surface area contributed by atoms with Crippen LogP contribution in [0.25, 0.3) is 0 Å². The second kappa shape index (κ2) is 6.64. The summed E-state index contributed by atoms with van der Waals surface area (Å²) >= 11 is 10.1. The van der Waals surface area contributed by atoms with Crippen LogP contribution >= 0.6 is 27.5 Å². The van der Waals surface area contributed by atoms with Gasteiger partial charge in [-0.2, -0.15) is 0 Å². The van der Waals surface area contributed by atoms with E-state index in [9.17, 15) is 0 Å². The summed E-state index contributed by atoms with van der Waals surface area (Å²) in [6, 6.07) is 14.2. The van der Waals surface area contributed by atoms with Crippen LogP contribution in [0.2, 0.25) is 0 Å². The van der Waals surface area contributed by atoms with Crippen LogP contribution in [0.5, 0.6) is 5.75 Å². The number of alkyl halides is 1. The standard InChI is InChI=1S/C17H18BrClO/c1-11(2)20-15-7-4-13(5-8-15)17(19)16-9-6-14(18)10-12(16)3/h4-11,17H,1-3H3. The molecule has 0 aliphatic carbocycles. The van der Waals surface area contributed by atoms with Gasteiger partial charge in [-0.1, -0.05) is 34.1 Å². The van der Waals surface area contributed by atoms with Gasteiger partial charge in [-0.3, -0.25) is 0 Å². The molecule has 1 atom stereocenters. The van der Waals surface area contributed by atoms with Crippen molar-refractivity contribution in [2.24, 2.45) is 0 Å². The van der Waals surface area contributed by atoms with Crippen molar-refractivity contribution in [3.8, 4) is 5.75 Å².